The predicted molar refractivity (Wildman–Crippen MR) is 82.6 cm³/mol. The van der Waals surface area contributed by atoms with Gasteiger partial charge in [-0.05, 0) is 32.1 Å². The molecular formula is C16H34N2O. The van der Waals surface area contributed by atoms with Crippen LogP contribution in [0.4, 0.5) is 0 Å². The van der Waals surface area contributed by atoms with Gasteiger partial charge in [0.1, 0.15) is 0 Å². The van der Waals surface area contributed by atoms with Gasteiger partial charge in [0.2, 0.25) is 0 Å². The van der Waals surface area contributed by atoms with E-state index in [0.29, 0.717) is 12.0 Å². The highest BCUT2D eigenvalue weighted by Gasteiger charge is 2.33. The minimum atomic E-state index is 0.245. The third-order valence-electron chi connectivity index (χ3n) is 3.83. The van der Waals surface area contributed by atoms with Crippen LogP contribution in [0.3, 0.4) is 0 Å². The Kier molecular flexibility index (Phi) is 6.78. The minimum absolute atomic E-state index is 0.245. The maximum Gasteiger partial charge on any atom is 0.0593 e. The number of hydrogen-bond donors (Lipinski definition) is 1. The summed E-state index contributed by atoms with van der Waals surface area (Å²) in [5, 5.41) is 3.70. The second kappa shape index (κ2) is 7.61. The van der Waals surface area contributed by atoms with E-state index in [9.17, 15) is 0 Å². The molecule has 0 aromatic rings. The Morgan fingerprint density at radius 2 is 1.89 bits per heavy atom. The highest BCUT2D eigenvalue weighted by Crippen LogP contribution is 2.20. The standard InChI is InChI=1S/C16H34N2O/c1-13(2)9-15-10-18(16(5,6)12-17-15)7-8-19-11-14(3)4/h13-15,17H,7-12H2,1-6H3. The Bertz CT molecular complexity index is 251. The first kappa shape index (κ1) is 16.9. The quantitative estimate of drug-likeness (QED) is 0.720. The zero-order valence-corrected chi connectivity index (χ0v) is 13.8. The molecular weight excluding hydrogens is 236 g/mol. The van der Waals surface area contributed by atoms with E-state index in [-0.39, 0.29) is 5.54 Å². The molecule has 0 aliphatic carbocycles. The van der Waals surface area contributed by atoms with Crippen LogP contribution in [0.1, 0.15) is 48.0 Å². The Morgan fingerprint density at radius 3 is 2.47 bits per heavy atom. The molecule has 19 heavy (non-hydrogen) atoms. The molecule has 0 saturated carbocycles. The fourth-order valence-electron chi connectivity index (χ4n) is 2.70. The molecule has 1 unspecified atom stereocenters. The molecule has 1 N–H and O–H groups in total. The lowest BCUT2D eigenvalue weighted by Crippen LogP contribution is -2.62. The zero-order chi connectivity index (χ0) is 14.5. The van der Waals surface area contributed by atoms with E-state index < -0.39 is 0 Å². The maximum absolute atomic E-state index is 5.75. The van der Waals surface area contributed by atoms with Gasteiger partial charge in [0.05, 0.1) is 6.61 Å². The van der Waals surface area contributed by atoms with Gasteiger partial charge >= 0.3 is 0 Å². The van der Waals surface area contributed by atoms with Crippen molar-refractivity contribution in [2.24, 2.45) is 11.8 Å². The van der Waals surface area contributed by atoms with E-state index in [2.05, 4.69) is 51.8 Å². The molecule has 0 spiro atoms. The van der Waals surface area contributed by atoms with Gasteiger partial charge in [-0.25, -0.2) is 0 Å². The number of ether oxygens (including phenoxy) is 1. The molecule has 0 bridgehead atoms. The van der Waals surface area contributed by atoms with Crippen LogP contribution in [-0.2, 0) is 4.74 Å². The van der Waals surface area contributed by atoms with Crippen molar-refractivity contribution < 1.29 is 4.74 Å². The molecule has 0 aromatic carbocycles. The number of piperazine rings is 1. The van der Waals surface area contributed by atoms with Crippen LogP contribution >= 0.6 is 0 Å². The Balaban J connectivity index is 2.38. The van der Waals surface area contributed by atoms with Crippen molar-refractivity contribution in [3.8, 4) is 0 Å². The van der Waals surface area contributed by atoms with Crippen molar-refractivity contribution in [2.45, 2.75) is 59.5 Å². The van der Waals surface area contributed by atoms with Crippen molar-refractivity contribution in [2.75, 3.05) is 32.8 Å². The van der Waals surface area contributed by atoms with Crippen molar-refractivity contribution in [3.63, 3.8) is 0 Å². The van der Waals surface area contributed by atoms with Crippen LogP contribution in [0, 0.1) is 11.8 Å². The van der Waals surface area contributed by atoms with Crippen LogP contribution in [0.2, 0.25) is 0 Å². The summed E-state index contributed by atoms with van der Waals surface area (Å²) in [6.07, 6.45) is 1.26. The van der Waals surface area contributed by atoms with Crippen LogP contribution in [0.5, 0.6) is 0 Å². The molecule has 0 aromatic heterocycles. The first-order valence-electron chi connectivity index (χ1n) is 7.87. The van der Waals surface area contributed by atoms with E-state index in [1.165, 1.54) is 6.42 Å². The van der Waals surface area contributed by atoms with Gasteiger partial charge in [0.25, 0.3) is 0 Å². The Labute approximate surface area is 120 Å². The molecule has 1 aliphatic rings. The lowest BCUT2D eigenvalue weighted by atomic mass is 9.94. The summed E-state index contributed by atoms with van der Waals surface area (Å²) in [5.41, 5.74) is 0.245. The number of nitrogens with zero attached hydrogens (tertiary/aromatic N) is 1. The van der Waals surface area contributed by atoms with Gasteiger partial charge in [-0.15, -0.1) is 0 Å². The second-order valence-electron chi connectivity index (χ2n) is 7.43. The van der Waals surface area contributed by atoms with Crippen LogP contribution in [0.15, 0.2) is 0 Å². The van der Waals surface area contributed by atoms with E-state index in [1.807, 2.05) is 0 Å². The van der Waals surface area contributed by atoms with E-state index in [4.69, 9.17) is 4.74 Å². The van der Waals surface area contributed by atoms with Crippen molar-refractivity contribution in [3.05, 3.63) is 0 Å². The average Bonchev–Trinajstić information content (AvgIpc) is 2.27. The van der Waals surface area contributed by atoms with Gasteiger partial charge in [-0.1, -0.05) is 27.7 Å². The molecule has 1 atom stereocenters. The first-order valence-corrected chi connectivity index (χ1v) is 7.87. The molecule has 1 rings (SSSR count). The lowest BCUT2D eigenvalue weighted by molar-refractivity contribution is 0.0204. The fourth-order valence-corrected chi connectivity index (χ4v) is 2.70. The average molecular weight is 270 g/mol. The van der Waals surface area contributed by atoms with Crippen LogP contribution in [0.25, 0.3) is 0 Å². The highest BCUT2D eigenvalue weighted by molar-refractivity contribution is 4.92. The van der Waals surface area contributed by atoms with Gasteiger partial charge in [0, 0.05) is 37.8 Å². The summed E-state index contributed by atoms with van der Waals surface area (Å²) in [6.45, 7) is 18.7. The lowest BCUT2D eigenvalue weighted by Gasteiger charge is -2.46. The molecule has 1 aliphatic heterocycles. The molecule has 3 nitrogen and oxygen atoms in total. The number of nitrogens with one attached hydrogen (secondary N) is 1. The molecule has 114 valence electrons. The highest BCUT2D eigenvalue weighted by atomic mass is 16.5. The van der Waals surface area contributed by atoms with Crippen molar-refractivity contribution in [1.82, 2.24) is 10.2 Å². The molecule has 0 amide bonds. The Morgan fingerprint density at radius 1 is 1.21 bits per heavy atom. The molecule has 1 fully saturated rings. The zero-order valence-electron chi connectivity index (χ0n) is 13.8. The van der Waals surface area contributed by atoms with E-state index in [1.54, 1.807) is 0 Å². The second-order valence-corrected chi connectivity index (χ2v) is 7.43. The molecule has 3 heteroatoms. The van der Waals surface area contributed by atoms with Crippen molar-refractivity contribution in [1.29, 1.82) is 0 Å². The fraction of sp³-hybridized carbons (Fsp3) is 1.00. The van der Waals surface area contributed by atoms with Gasteiger partial charge in [-0.2, -0.15) is 0 Å². The third-order valence-corrected chi connectivity index (χ3v) is 3.83. The summed E-state index contributed by atoms with van der Waals surface area (Å²) in [6, 6.07) is 0.637. The largest absolute Gasteiger partial charge is 0.380 e. The predicted octanol–water partition coefficient (Wildman–Crippen LogP) is 2.76. The summed E-state index contributed by atoms with van der Waals surface area (Å²) < 4.78 is 5.75. The maximum atomic E-state index is 5.75. The minimum Gasteiger partial charge on any atom is -0.380 e. The van der Waals surface area contributed by atoms with Crippen LogP contribution in [-0.4, -0.2) is 49.3 Å². The monoisotopic (exact) mass is 270 g/mol. The first-order chi connectivity index (χ1) is 8.81. The summed E-state index contributed by atoms with van der Waals surface area (Å²) >= 11 is 0. The third kappa shape index (κ3) is 6.24. The van der Waals surface area contributed by atoms with E-state index >= 15 is 0 Å². The number of hydrogen-bond acceptors (Lipinski definition) is 3. The summed E-state index contributed by atoms with van der Waals surface area (Å²) in [7, 11) is 0. The molecule has 1 saturated heterocycles. The topological polar surface area (TPSA) is 24.5 Å². The summed E-state index contributed by atoms with van der Waals surface area (Å²) in [5.74, 6) is 1.39. The SMILES string of the molecule is CC(C)COCCN1CC(CC(C)C)NCC1(C)C. The number of rotatable bonds is 7. The van der Waals surface area contributed by atoms with E-state index in [0.717, 1.165) is 38.8 Å². The van der Waals surface area contributed by atoms with Gasteiger partial charge < -0.3 is 10.1 Å². The smallest absolute Gasteiger partial charge is 0.0593 e. The normalized spacial score (nSPS) is 24.3. The van der Waals surface area contributed by atoms with Gasteiger partial charge in [0.15, 0.2) is 0 Å². The van der Waals surface area contributed by atoms with Gasteiger partial charge in [-0.3, -0.25) is 4.90 Å². The molecule has 1 heterocycles. The summed E-state index contributed by atoms with van der Waals surface area (Å²) in [4.78, 5) is 2.59. The van der Waals surface area contributed by atoms with Crippen molar-refractivity contribution >= 4 is 0 Å². The van der Waals surface area contributed by atoms with Crippen LogP contribution < -0.4 is 5.32 Å². The molecule has 0 radical (unpaired) electrons. The Hall–Kier alpha value is -0.120.